The van der Waals surface area contributed by atoms with Crippen molar-refractivity contribution in [2.45, 2.75) is 13.8 Å². The van der Waals surface area contributed by atoms with E-state index in [0.29, 0.717) is 22.5 Å². The van der Waals surface area contributed by atoms with Crippen LogP contribution in [0.4, 0.5) is 5.69 Å². The summed E-state index contributed by atoms with van der Waals surface area (Å²) in [6.45, 7) is 3.70. The molecule has 30 heavy (non-hydrogen) atoms. The van der Waals surface area contributed by atoms with Crippen LogP contribution in [0.2, 0.25) is 0 Å². The summed E-state index contributed by atoms with van der Waals surface area (Å²) in [4.78, 5) is 24.7. The van der Waals surface area contributed by atoms with Gasteiger partial charge in [-0.1, -0.05) is 54.6 Å². The average Bonchev–Trinajstić information content (AvgIpc) is 2.77. The van der Waals surface area contributed by atoms with E-state index in [0.717, 1.165) is 11.1 Å². The number of amides is 2. The number of carbonyl (C=O) groups is 2. The third-order valence-electron chi connectivity index (χ3n) is 4.45. The van der Waals surface area contributed by atoms with Crippen molar-refractivity contribution in [3.63, 3.8) is 0 Å². The van der Waals surface area contributed by atoms with Crippen molar-refractivity contribution < 1.29 is 9.59 Å². The molecule has 0 saturated carbocycles. The highest BCUT2D eigenvalue weighted by atomic mass is 16.2. The van der Waals surface area contributed by atoms with E-state index >= 15 is 0 Å². The predicted molar refractivity (Wildman–Crippen MR) is 122 cm³/mol. The van der Waals surface area contributed by atoms with Crippen LogP contribution in [0.3, 0.4) is 0 Å². The number of aryl methyl sites for hydroxylation is 1. The number of carbonyl (C=O) groups excluding carboxylic acids is 2. The Morgan fingerprint density at radius 3 is 2.20 bits per heavy atom. The molecule has 0 saturated heterocycles. The van der Waals surface area contributed by atoms with Gasteiger partial charge in [-0.2, -0.15) is 5.10 Å². The van der Waals surface area contributed by atoms with E-state index in [4.69, 9.17) is 0 Å². The molecule has 0 aliphatic rings. The van der Waals surface area contributed by atoms with E-state index in [1.165, 1.54) is 0 Å². The molecule has 0 radical (unpaired) electrons. The Labute approximate surface area is 176 Å². The monoisotopic (exact) mass is 397 g/mol. The molecule has 150 valence electrons. The second kappa shape index (κ2) is 9.98. The van der Waals surface area contributed by atoms with Crippen molar-refractivity contribution in [3.05, 3.63) is 107 Å². The van der Waals surface area contributed by atoms with Gasteiger partial charge >= 0.3 is 0 Å². The molecule has 0 heterocycles. The van der Waals surface area contributed by atoms with Crippen molar-refractivity contribution in [1.29, 1.82) is 0 Å². The minimum atomic E-state index is -0.320. The van der Waals surface area contributed by atoms with E-state index in [1.54, 1.807) is 30.3 Å². The normalized spacial score (nSPS) is 11.3. The summed E-state index contributed by atoms with van der Waals surface area (Å²) >= 11 is 0. The lowest BCUT2D eigenvalue weighted by molar-refractivity contribution is 0.0954. The van der Waals surface area contributed by atoms with Gasteiger partial charge in [-0.15, -0.1) is 0 Å². The van der Waals surface area contributed by atoms with Gasteiger partial charge < -0.3 is 5.32 Å². The molecular weight excluding hydrogens is 374 g/mol. The fourth-order valence-corrected chi connectivity index (χ4v) is 2.75. The van der Waals surface area contributed by atoms with E-state index in [2.05, 4.69) is 15.8 Å². The number of allylic oxidation sites excluding steroid dienone is 1. The summed E-state index contributed by atoms with van der Waals surface area (Å²) in [6, 6.07) is 23.9. The zero-order chi connectivity index (χ0) is 21.3. The Balaban J connectivity index is 1.57. The molecule has 3 rings (SSSR count). The van der Waals surface area contributed by atoms with E-state index in [-0.39, 0.29) is 11.8 Å². The molecule has 5 heteroatoms. The first-order valence-electron chi connectivity index (χ1n) is 9.58. The molecule has 2 N–H and O–H groups in total. The molecule has 3 aromatic rings. The van der Waals surface area contributed by atoms with E-state index in [1.807, 2.05) is 74.5 Å². The third-order valence-corrected chi connectivity index (χ3v) is 4.45. The smallest absolute Gasteiger partial charge is 0.271 e. The van der Waals surface area contributed by atoms with Gasteiger partial charge in [-0.05, 0) is 61.4 Å². The predicted octanol–water partition coefficient (Wildman–Crippen LogP) is 5.07. The second-order valence-corrected chi connectivity index (χ2v) is 6.78. The van der Waals surface area contributed by atoms with Crippen molar-refractivity contribution in [2.75, 3.05) is 5.32 Å². The van der Waals surface area contributed by atoms with Gasteiger partial charge in [0.1, 0.15) is 0 Å². The van der Waals surface area contributed by atoms with Crippen LogP contribution in [0.15, 0.2) is 90.0 Å². The SMILES string of the molecule is CC(/C=C/c1ccccc1)=NNC(=O)c1ccc(NC(=O)c2ccccc2C)cc1. The molecule has 0 unspecified atom stereocenters. The summed E-state index contributed by atoms with van der Waals surface area (Å²) < 4.78 is 0. The molecular formula is C25H23N3O2. The number of rotatable bonds is 6. The number of nitrogens with one attached hydrogen (secondary N) is 2. The van der Waals surface area contributed by atoms with Crippen molar-refractivity contribution in [2.24, 2.45) is 5.10 Å². The quantitative estimate of drug-likeness (QED) is 0.450. The van der Waals surface area contributed by atoms with Gasteiger partial charge in [0.05, 0.1) is 5.71 Å². The molecule has 0 fully saturated rings. The summed E-state index contributed by atoms with van der Waals surface area (Å²) in [5, 5.41) is 6.94. The maximum absolute atomic E-state index is 12.4. The Kier molecular flexibility index (Phi) is 6.90. The van der Waals surface area contributed by atoms with Gasteiger partial charge in [0.25, 0.3) is 11.8 Å². The first-order chi connectivity index (χ1) is 14.5. The molecule has 0 atom stereocenters. The first kappa shape index (κ1) is 20.7. The first-order valence-corrected chi connectivity index (χ1v) is 9.58. The maximum Gasteiger partial charge on any atom is 0.271 e. The van der Waals surface area contributed by atoms with E-state index < -0.39 is 0 Å². The fraction of sp³-hybridized carbons (Fsp3) is 0.0800. The van der Waals surface area contributed by atoms with Crippen LogP contribution in [0.25, 0.3) is 6.08 Å². The van der Waals surface area contributed by atoms with Gasteiger partial charge in [-0.3, -0.25) is 9.59 Å². The molecule has 0 spiro atoms. The summed E-state index contributed by atoms with van der Waals surface area (Å²) in [6.07, 6.45) is 3.76. The van der Waals surface area contributed by atoms with Gasteiger partial charge in [0.2, 0.25) is 0 Å². The van der Waals surface area contributed by atoms with Crippen LogP contribution in [0.1, 0.15) is 38.8 Å². The standard InChI is InChI=1S/C25H23N3O2/c1-18-8-6-7-11-23(18)25(30)26-22-16-14-21(15-17-22)24(29)28-27-19(2)12-13-20-9-4-3-5-10-20/h3-17H,1-2H3,(H,26,30)(H,28,29)/b13-12+,27-19?. The molecule has 0 aliphatic heterocycles. The highest BCUT2D eigenvalue weighted by Gasteiger charge is 2.09. The lowest BCUT2D eigenvalue weighted by Gasteiger charge is -2.08. The maximum atomic E-state index is 12.4. The Morgan fingerprint density at radius 1 is 0.833 bits per heavy atom. The van der Waals surface area contributed by atoms with Crippen molar-refractivity contribution in [3.8, 4) is 0 Å². The molecule has 5 nitrogen and oxygen atoms in total. The molecule has 0 aliphatic carbocycles. The Bertz CT molecular complexity index is 1080. The Hall–Kier alpha value is -3.99. The van der Waals surface area contributed by atoms with Crippen LogP contribution in [0, 0.1) is 6.92 Å². The topological polar surface area (TPSA) is 70.6 Å². The van der Waals surface area contributed by atoms with Crippen molar-refractivity contribution >= 4 is 29.3 Å². The fourth-order valence-electron chi connectivity index (χ4n) is 2.75. The molecule has 0 aromatic heterocycles. The lowest BCUT2D eigenvalue weighted by atomic mass is 10.1. The number of nitrogens with zero attached hydrogens (tertiary/aromatic N) is 1. The largest absolute Gasteiger partial charge is 0.322 e. The van der Waals surface area contributed by atoms with E-state index in [9.17, 15) is 9.59 Å². The molecule has 2 amide bonds. The summed E-state index contributed by atoms with van der Waals surface area (Å²) in [5.74, 6) is -0.505. The number of hydrogen-bond donors (Lipinski definition) is 2. The minimum absolute atomic E-state index is 0.185. The number of hydrogen-bond acceptors (Lipinski definition) is 3. The lowest BCUT2D eigenvalue weighted by Crippen LogP contribution is -2.19. The van der Waals surface area contributed by atoms with Gasteiger partial charge in [0, 0.05) is 16.8 Å². The zero-order valence-electron chi connectivity index (χ0n) is 16.9. The zero-order valence-corrected chi connectivity index (χ0v) is 16.9. The van der Waals surface area contributed by atoms with Crippen molar-refractivity contribution in [1.82, 2.24) is 5.43 Å². The number of anilines is 1. The molecule has 0 bridgehead atoms. The van der Waals surface area contributed by atoms with Crippen LogP contribution in [-0.4, -0.2) is 17.5 Å². The highest BCUT2D eigenvalue weighted by Crippen LogP contribution is 2.13. The average molecular weight is 397 g/mol. The summed E-state index contributed by atoms with van der Waals surface area (Å²) in [7, 11) is 0. The number of benzene rings is 3. The molecule has 3 aromatic carbocycles. The Morgan fingerprint density at radius 2 is 1.50 bits per heavy atom. The third kappa shape index (κ3) is 5.75. The minimum Gasteiger partial charge on any atom is -0.322 e. The highest BCUT2D eigenvalue weighted by molar-refractivity contribution is 6.05. The summed E-state index contributed by atoms with van der Waals surface area (Å²) in [5.41, 5.74) is 6.86. The van der Waals surface area contributed by atoms with Crippen LogP contribution in [0.5, 0.6) is 0 Å². The second-order valence-electron chi connectivity index (χ2n) is 6.78. The van der Waals surface area contributed by atoms with Crippen LogP contribution < -0.4 is 10.7 Å². The van der Waals surface area contributed by atoms with Crippen LogP contribution in [-0.2, 0) is 0 Å². The number of hydrazone groups is 1. The van der Waals surface area contributed by atoms with Gasteiger partial charge in [-0.25, -0.2) is 5.43 Å². The van der Waals surface area contributed by atoms with Gasteiger partial charge in [0.15, 0.2) is 0 Å². The van der Waals surface area contributed by atoms with Crippen LogP contribution >= 0.6 is 0 Å².